The van der Waals surface area contributed by atoms with Gasteiger partial charge >= 0.3 is 0 Å². The average Bonchev–Trinajstić information content (AvgIpc) is 2.45. The van der Waals surface area contributed by atoms with Crippen molar-refractivity contribution < 1.29 is 9.50 Å². The molecule has 0 saturated heterocycles. The number of hydrogen-bond acceptors (Lipinski definition) is 2. The Bertz CT molecular complexity index is 559. The van der Waals surface area contributed by atoms with Crippen molar-refractivity contribution in [3.63, 3.8) is 0 Å². The molecule has 4 heteroatoms. The summed E-state index contributed by atoms with van der Waals surface area (Å²) < 4.78 is 13.1. The van der Waals surface area contributed by atoms with Crippen molar-refractivity contribution in [2.24, 2.45) is 0 Å². The number of benzene rings is 2. The molecular formula is C16H17ClFNO. The average molecular weight is 294 g/mol. The van der Waals surface area contributed by atoms with Crippen LogP contribution in [0, 0.1) is 5.82 Å². The van der Waals surface area contributed by atoms with Gasteiger partial charge in [0, 0.05) is 17.6 Å². The van der Waals surface area contributed by atoms with Gasteiger partial charge in [0.1, 0.15) is 5.82 Å². The third-order valence-corrected chi connectivity index (χ3v) is 3.47. The van der Waals surface area contributed by atoms with E-state index in [9.17, 15) is 9.50 Å². The van der Waals surface area contributed by atoms with Crippen LogP contribution in [0.3, 0.4) is 0 Å². The van der Waals surface area contributed by atoms with Crippen LogP contribution in [0.4, 0.5) is 4.39 Å². The first kappa shape index (κ1) is 15.0. The maximum Gasteiger partial charge on any atom is 0.123 e. The minimum Gasteiger partial charge on any atom is -0.387 e. The predicted octanol–water partition coefficient (Wildman–Crippen LogP) is 3.86. The lowest BCUT2D eigenvalue weighted by Crippen LogP contribution is -2.24. The summed E-state index contributed by atoms with van der Waals surface area (Å²) in [5.74, 6) is -0.340. The molecule has 0 radical (unpaired) electrons. The summed E-state index contributed by atoms with van der Waals surface area (Å²) >= 11 is 5.84. The third-order valence-electron chi connectivity index (χ3n) is 3.22. The third kappa shape index (κ3) is 4.04. The fraction of sp³-hybridized carbons (Fsp3) is 0.250. The van der Waals surface area contributed by atoms with Crippen molar-refractivity contribution in [2.75, 3.05) is 6.54 Å². The highest BCUT2D eigenvalue weighted by Crippen LogP contribution is 2.18. The molecule has 106 valence electrons. The van der Waals surface area contributed by atoms with E-state index in [-0.39, 0.29) is 11.9 Å². The van der Waals surface area contributed by atoms with Gasteiger partial charge in [-0.25, -0.2) is 4.39 Å². The standard InChI is InChI=1S/C16H17ClFNO/c1-11(12-5-7-14(17)8-6-12)19-10-16(20)13-3-2-4-15(18)9-13/h2-9,11,16,19-20H,10H2,1H3/t11-,16?/m0/s1. The van der Waals surface area contributed by atoms with E-state index in [1.54, 1.807) is 12.1 Å². The largest absolute Gasteiger partial charge is 0.387 e. The van der Waals surface area contributed by atoms with Crippen LogP contribution in [0.2, 0.25) is 5.02 Å². The quantitative estimate of drug-likeness (QED) is 0.877. The minimum absolute atomic E-state index is 0.0791. The number of halogens is 2. The van der Waals surface area contributed by atoms with Crippen LogP contribution in [0.5, 0.6) is 0 Å². The Hall–Kier alpha value is -1.42. The summed E-state index contributed by atoms with van der Waals surface area (Å²) in [6.45, 7) is 2.36. The fourth-order valence-corrected chi connectivity index (χ4v) is 2.12. The van der Waals surface area contributed by atoms with Gasteiger partial charge < -0.3 is 10.4 Å². The molecule has 0 aliphatic heterocycles. The van der Waals surface area contributed by atoms with Crippen molar-refractivity contribution in [3.8, 4) is 0 Å². The number of aliphatic hydroxyl groups excluding tert-OH is 1. The molecular weight excluding hydrogens is 277 g/mol. The van der Waals surface area contributed by atoms with E-state index in [4.69, 9.17) is 11.6 Å². The molecule has 0 saturated carbocycles. The number of hydrogen-bond donors (Lipinski definition) is 2. The SMILES string of the molecule is C[C@H](NCC(O)c1cccc(F)c1)c1ccc(Cl)cc1. The summed E-state index contributed by atoms with van der Waals surface area (Å²) in [5, 5.41) is 14.0. The maximum absolute atomic E-state index is 13.1. The summed E-state index contributed by atoms with van der Waals surface area (Å²) in [6, 6.07) is 13.6. The molecule has 2 N–H and O–H groups in total. The van der Waals surface area contributed by atoms with E-state index in [1.165, 1.54) is 12.1 Å². The van der Waals surface area contributed by atoms with Crippen LogP contribution in [-0.2, 0) is 0 Å². The molecule has 0 bridgehead atoms. The second-order valence-corrected chi connectivity index (χ2v) is 5.19. The monoisotopic (exact) mass is 293 g/mol. The Kier molecular flexibility index (Phi) is 5.12. The number of nitrogens with one attached hydrogen (secondary N) is 1. The van der Waals surface area contributed by atoms with Gasteiger partial charge in [-0.15, -0.1) is 0 Å². The Labute approximate surface area is 123 Å². The Morgan fingerprint density at radius 3 is 2.50 bits per heavy atom. The zero-order chi connectivity index (χ0) is 14.5. The van der Waals surface area contributed by atoms with Gasteiger partial charge in [-0.1, -0.05) is 35.9 Å². The van der Waals surface area contributed by atoms with Crippen LogP contribution < -0.4 is 5.32 Å². The van der Waals surface area contributed by atoms with Crippen LogP contribution >= 0.6 is 11.6 Å². The second kappa shape index (κ2) is 6.84. The van der Waals surface area contributed by atoms with Gasteiger partial charge in [0.25, 0.3) is 0 Å². The molecule has 0 aliphatic rings. The normalized spacial score (nSPS) is 14.0. The minimum atomic E-state index is -0.736. The molecule has 0 aliphatic carbocycles. The van der Waals surface area contributed by atoms with E-state index < -0.39 is 6.10 Å². The van der Waals surface area contributed by atoms with Crippen LogP contribution in [0.15, 0.2) is 48.5 Å². The predicted molar refractivity (Wildman–Crippen MR) is 79.2 cm³/mol. The molecule has 1 unspecified atom stereocenters. The highest BCUT2D eigenvalue weighted by atomic mass is 35.5. The number of rotatable bonds is 5. The summed E-state index contributed by atoms with van der Waals surface area (Å²) in [7, 11) is 0. The van der Waals surface area contributed by atoms with E-state index in [0.29, 0.717) is 17.1 Å². The Morgan fingerprint density at radius 2 is 1.85 bits per heavy atom. The molecule has 0 amide bonds. The van der Waals surface area contributed by atoms with Gasteiger partial charge in [0.2, 0.25) is 0 Å². The molecule has 2 aromatic rings. The lowest BCUT2D eigenvalue weighted by Gasteiger charge is -2.18. The van der Waals surface area contributed by atoms with Gasteiger partial charge in [-0.3, -0.25) is 0 Å². The lowest BCUT2D eigenvalue weighted by atomic mass is 10.1. The highest BCUT2D eigenvalue weighted by Gasteiger charge is 2.11. The van der Waals surface area contributed by atoms with Crippen LogP contribution in [0.25, 0.3) is 0 Å². The lowest BCUT2D eigenvalue weighted by molar-refractivity contribution is 0.170. The van der Waals surface area contributed by atoms with E-state index >= 15 is 0 Å². The Morgan fingerprint density at radius 1 is 1.15 bits per heavy atom. The molecule has 0 heterocycles. The van der Waals surface area contributed by atoms with Crippen LogP contribution in [-0.4, -0.2) is 11.7 Å². The molecule has 0 fully saturated rings. The first-order chi connectivity index (χ1) is 9.56. The summed E-state index contributed by atoms with van der Waals surface area (Å²) in [5.41, 5.74) is 1.65. The smallest absolute Gasteiger partial charge is 0.123 e. The maximum atomic E-state index is 13.1. The summed E-state index contributed by atoms with van der Waals surface area (Å²) in [6.07, 6.45) is -0.736. The zero-order valence-corrected chi connectivity index (χ0v) is 11.9. The molecule has 2 rings (SSSR count). The van der Waals surface area contributed by atoms with Crippen molar-refractivity contribution in [1.82, 2.24) is 5.32 Å². The molecule has 20 heavy (non-hydrogen) atoms. The first-order valence-electron chi connectivity index (χ1n) is 6.48. The van der Waals surface area contributed by atoms with Gasteiger partial charge in [0.15, 0.2) is 0 Å². The molecule has 0 spiro atoms. The second-order valence-electron chi connectivity index (χ2n) is 4.75. The Balaban J connectivity index is 1.93. The van der Waals surface area contributed by atoms with Gasteiger partial charge in [-0.2, -0.15) is 0 Å². The van der Waals surface area contributed by atoms with Gasteiger partial charge in [-0.05, 0) is 42.3 Å². The molecule has 2 nitrogen and oxygen atoms in total. The van der Waals surface area contributed by atoms with Gasteiger partial charge in [0.05, 0.1) is 6.10 Å². The molecule has 2 atom stereocenters. The van der Waals surface area contributed by atoms with E-state index in [2.05, 4.69) is 5.32 Å². The molecule has 2 aromatic carbocycles. The van der Waals surface area contributed by atoms with Crippen molar-refractivity contribution in [2.45, 2.75) is 19.1 Å². The fourth-order valence-electron chi connectivity index (χ4n) is 1.99. The van der Waals surface area contributed by atoms with E-state index in [0.717, 1.165) is 5.56 Å². The summed E-state index contributed by atoms with van der Waals surface area (Å²) in [4.78, 5) is 0. The zero-order valence-electron chi connectivity index (χ0n) is 11.2. The van der Waals surface area contributed by atoms with Crippen molar-refractivity contribution in [3.05, 3.63) is 70.5 Å². The first-order valence-corrected chi connectivity index (χ1v) is 6.86. The molecule has 0 aromatic heterocycles. The van der Waals surface area contributed by atoms with Crippen molar-refractivity contribution in [1.29, 1.82) is 0 Å². The van der Waals surface area contributed by atoms with Crippen molar-refractivity contribution >= 4 is 11.6 Å². The highest BCUT2D eigenvalue weighted by molar-refractivity contribution is 6.30. The topological polar surface area (TPSA) is 32.3 Å². The number of aliphatic hydroxyl groups is 1. The van der Waals surface area contributed by atoms with E-state index in [1.807, 2.05) is 31.2 Å². The van der Waals surface area contributed by atoms with Crippen LogP contribution in [0.1, 0.15) is 30.2 Å².